The van der Waals surface area contributed by atoms with Gasteiger partial charge in [-0.2, -0.15) is 9.50 Å². The highest BCUT2D eigenvalue weighted by Gasteiger charge is 2.18. The first kappa shape index (κ1) is 11.1. The average Bonchev–Trinajstić information content (AvgIpc) is 2.45. The fourth-order valence-electron chi connectivity index (χ4n) is 0.753. The van der Waals surface area contributed by atoms with Crippen LogP contribution in [0, 0.1) is 6.92 Å². The summed E-state index contributed by atoms with van der Waals surface area (Å²) in [4.78, 5) is 0. The fraction of sp³-hybridized carbons (Fsp3) is 0.556. The van der Waals surface area contributed by atoms with Crippen molar-refractivity contribution in [3.63, 3.8) is 0 Å². The monoisotopic (exact) mass is 213 g/mol. The molecule has 0 saturated carbocycles. The molecule has 14 heavy (non-hydrogen) atoms. The van der Waals surface area contributed by atoms with E-state index in [2.05, 4.69) is 14.6 Å². The average molecular weight is 213 g/mol. The summed E-state index contributed by atoms with van der Waals surface area (Å²) in [6, 6.07) is 0. The van der Waals surface area contributed by atoms with E-state index < -0.39 is 11.0 Å². The molecule has 1 aromatic rings. The summed E-state index contributed by atoms with van der Waals surface area (Å²) in [6.45, 7) is 7.57. The maximum atomic E-state index is 11.6. The molecular weight excluding hydrogens is 198 g/mol. The van der Waals surface area contributed by atoms with Gasteiger partial charge < -0.3 is 0 Å². The van der Waals surface area contributed by atoms with E-state index in [4.69, 9.17) is 0 Å². The SMILES string of the molecule is Cc1[nH]ncc1/C=N/S(=O)C(C)(C)C. The van der Waals surface area contributed by atoms with Crippen LogP contribution in [0.4, 0.5) is 0 Å². The second-order valence-corrected chi connectivity index (χ2v) is 5.98. The van der Waals surface area contributed by atoms with Crippen molar-refractivity contribution in [2.24, 2.45) is 4.40 Å². The Labute approximate surface area is 86.4 Å². The summed E-state index contributed by atoms with van der Waals surface area (Å²) in [7, 11) is -1.20. The van der Waals surface area contributed by atoms with Crippen molar-refractivity contribution in [2.75, 3.05) is 0 Å². The minimum Gasteiger partial charge on any atom is -0.282 e. The van der Waals surface area contributed by atoms with Gasteiger partial charge in [0.15, 0.2) is 0 Å². The zero-order valence-electron chi connectivity index (χ0n) is 8.87. The first-order valence-electron chi connectivity index (χ1n) is 4.37. The van der Waals surface area contributed by atoms with Crippen molar-refractivity contribution >= 4 is 17.2 Å². The predicted octanol–water partition coefficient (Wildman–Crippen LogP) is 1.60. The number of hydrogen-bond donors (Lipinski definition) is 1. The summed E-state index contributed by atoms with van der Waals surface area (Å²) in [5.74, 6) is 0. The van der Waals surface area contributed by atoms with E-state index in [9.17, 15) is 4.21 Å². The number of aryl methyl sites for hydroxylation is 1. The van der Waals surface area contributed by atoms with Crippen LogP contribution in [-0.4, -0.2) is 25.4 Å². The third-order valence-corrected chi connectivity index (χ3v) is 3.02. The number of nitrogens with zero attached hydrogens (tertiary/aromatic N) is 2. The third kappa shape index (κ3) is 2.77. The van der Waals surface area contributed by atoms with Crippen molar-refractivity contribution in [3.8, 4) is 0 Å². The third-order valence-electron chi connectivity index (χ3n) is 1.68. The molecule has 5 heteroatoms. The molecule has 0 spiro atoms. The van der Waals surface area contributed by atoms with Crippen LogP contribution >= 0.6 is 0 Å². The molecule has 1 heterocycles. The van der Waals surface area contributed by atoms with Crippen LogP contribution in [0.3, 0.4) is 0 Å². The van der Waals surface area contributed by atoms with Gasteiger partial charge in [0.1, 0.15) is 11.0 Å². The first-order valence-corrected chi connectivity index (χ1v) is 5.48. The second-order valence-electron chi connectivity index (χ2n) is 4.05. The highest BCUT2D eigenvalue weighted by Crippen LogP contribution is 2.12. The van der Waals surface area contributed by atoms with Crippen molar-refractivity contribution in [2.45, 2.75) is 32.4 Å². The van der Waals surface area contributed by atoms with Gasteiger partial charge in [0.25, 0.3) is 0 Å². The molecule has 1 rings (SSSR count). The molecule has 0 radical (unpaired) electrons. The molecule has 0 aliphatic heterocycles. The molecule has 1 N–H and O–H groups in total. The van der Waals surface area contributed by atoms with E-state index in [1.807, 2.05) is 27.7 Å². The van der Waals surface area contributed by atoms with Gasteiger partial charge in [0.05, 0.1) is 10.9 Å². The number of aromatic amines is 1. The number of aromatic nitrogens is 2. The van der Waals surface area contributed by atoms with Crippen LogP contribution in [0.2, 0.25) is 0 Å². The zero-order valence-corrected chi connectivity index (χ0v) is 9.68. The molecule has 1 atom stereocenters. The van der Waals surface area contributed by atoms with Crippen LogP contribution in [0.1, 0.15) is 32.0 Å². The summed E-state index contributed by atoms with van der Waals surface area (Å²) in [5.41, 5.74) is 1.81. The maximum absolute atomic E-state index is 11.6. The van der Waals surface area contributed by atoms with Crippen molar-refractivity contribution in [3.05, 3.63) is 17.5 Å². The first-order chi connectivity index (χ1) is 6.41. The van der Waals surface area contributed by atoms with Gasteiger partial charge >= 0.3 is 0 Å². The Hall–Kier alpha value is -0.970. The smallest absolute Gasteiger partial charge is 0.144 e. The Morgan fingerprint density at radius 2 is 2.21 bits per heavy atom. The Bertz CT molecular complexity index is 362. The quantitative estimate of drug-likeness (QED) is 0.759. The molecule has 4 nitrogen and oxygen atoms in total. The zero-order chi connectivity index (χ0) is 10.8. The number of rotatable bonds is 2. The fourth-order valence-corrected chi connectivity index (χ4v) is 1.28. The van der Waals surface area contributed by atoms with Crippen LogP contribution in [0.25, 0.3) is 0 Å². The molecule has 0 aliphatic carbocycles. The van der Waals surface area contributed by atoms with Crippen molar-refractivity contribution in [1.82, 2.24) is 10.2 Å². The molecule has 1 unspecified atom stereocenters. The Kier molecular flexibility index (Phi) is 3.21. The van der Waals surface area contributed by atoms with E-state index >= 15 is 0 Å². The molecule has 0 saturated heterocycles. The molecule has 0 aliphatic rings. The molecule has 0 aromatic carbocycles. The summed E-state index contributed by atoms with van der Waals surface area (Å²) in [6.07, 6.45) is 3.26. The van der Waals surface area contributed by atoms with E-state index in [0.717, 1.165) is 11.3 Å². The lowest BCUT2D eigenvalue weighted by Crippen LogP contribution is -2.19. The van der Waals surface area contributed by atoms with Gasteiger partial charge in [0.2, 0.25) is 0 Å². The lowest BCUT2D eigenvalue weighted by Gasteiger charge is -2.12. The van der Waals surface area contributed by atoms with E-state index in [0.29, 0.717) is 0 Å². The summed E-state index contributed by atoms with van der Waals surface area (Å²) < 4.78 is 15.2. The van der Waals surface area contributed by atoms with Crippen molar-refractivity contribution in [1.29, 1.82) is 0 Å². The summed E-state index contributed by atoms with van der Waals surface area (Å²) >= 11 is 0. The molecule has 0 fully saturated rings. The predicted molar refractivity (Wildman–Crippen MR) is 58.8 cm³/mol. The van der Waals surface area contributed by atoms with E-state index in [-0.39, 0.29) is 4.75 Å². The minimum absolute atomic E-state index is 0.311. The Balaban J connectivity index is 2.75. The van der Waals surface area contributed by atoms with Crippen molar-refractivity contribution < 1.29 is 4.21 Å². The maximum Gasteiger partial charge on any atom is 0.144 e. The number of H-pyrrole nitrogens is 1. The van der Waals surface area contributed by atoms with Gasteiger partial charge in [-0.15, -0.1) is 0 Å². The van der Waals surface area contributed by atoms with Gasteiger partial charge in [-0.3, -0.25) is 5.10 Å². The van der Waals surface area contributed by atoms with Crippen LogP contribution in [-0.2, 0) is 11.0 Å². The highest BCUT2D eigenvalue weighted by atomic mass is 32.2. The van der Waals surface area contributed by atoms with E-state index in [1.54, 1.807) is 12.4 Å². The van der Waals surface area contributed by atoms with Crippen LogP contribution < -0.4 is 0 Å². The van der Waals surface area contributed by atoms with Crippen LogP contribution in [0.5, 0.6) is 0 Å². The lowest BCUT2D eigenvalue weighted by atomic mass is 10.3. The summed E-state index contributed by atoms with van der Waals surface area (Å²) in [5, 5.41) is 6.64. The normalized spacial score (nSPS) is 14.9. The highest BCUT2D eigenvalue weighted by molar-refractivity contribution is 7.85. The largest absolute Gasteiger partial charge is 0.282 e. The van der Waals surface area contributed by atoms with Gasteiger partial charge in [0, 0.05) is 17.5 Å². The van der Waals surface area contributed by atoms with Gasteiger partial charge in [-0.1, -0.05) is 0 Å². The minimum atomic E-state index is -1.20. The number of hydrogen-bond acceptors (Lipinski definition) is 2. The van der Waals surface area contributed by atoms with Crippen LogP contribution in [0.15, 0.2) is 10.6 Å². The standard InChI is InChI=1S/C9H15N3OS/c1-7-8(5-10-12-7)6-11-14(13)9(2,3)4/h5-6H,1-4H3,(H,10,12)/b11-6+. The molecule has 78 valence electrons. The Morgan fingerprint density at radius 3 is 2.64 bits per heavy atom. The van der Waals surface area contributed by atoms with E-state index in [1.165, 1.54) is 0 Å². The Morgan fingerprint density at radius 1 is 1.57 bits per heavy atom. The van der Waals surface area contributed by atoms with Gasteiger partial charge in [-0.05, 0) is 27.7 Å². The second kappa shape index (κ2) is 4.04. The molecule has 0 bridgehead atoms. The lowest BCUT2D eigenvalue weighted by molar-refractivity contribution is 0.651. The molecular formula is C9H15N3OS. The molecule has 0 amide bonds. The molecule has 1 aromatic heterocycles. The van der Waals surface area contributed by atoms with Gasteiger partial charge in [-0.25, -0.2) is 4.21 Å². The number of nitrogens with one attached hydrogen (secondary N) is 1. The topological polar surface area (TPSA) is 58.1 Å².